The minimum atomic E-state index is 0.206. The first-order valence-corrected chi connectivity index (χ1v) is 7.31. The minimum absolute atomic E-state index is 0.206. The first-order valence-electron chi connectivity index (χ1n) is 7.31. The van der Waals surface area contributed by atoms with Crippen LogP contribution in [-0.4, -0.2) is 49.7 Å². The minimum Gasteiger partial charge on any atom is -0.382 e. The molecule has 0 amide bonds. The highest BCUT2D eigenvalue weighted by atomic mass is 16.5. The van der Waals surface area contributed by atoms with Gasteiger partial charge < -0.3 is 19.3 Å². The Hall–Kier alpha value is -0.980. The Morgan fingerprint density at radius 2 is 2.05 bits per heavy atom. The zero-order valence-electron chi connectivity index (χ0n) is 13.0. The molecule has 1 aromatic rings. The van der Waals surface area contributed by atoms with E-state index < -0.39 is 0 Å². The summed E-state index contributed by atoms with van der Waals surface area (Å²) >= 11 is 0. The number of rotatable bonds is 11. The first-order chi connectivity index (χ1) is 9.69. The monoisotopic (exact) mass is 285 g/mol. The van der Waals surface area contributed by atoms with Gasteiger partial charge >= 0.3 is 0 Å². The predicted molar refractivity (Wildman–Crippen MR) is 76.9 cm³/mol. The van der Waals surface area contributed by atoms with Crippen LogP contribution in [0.4, 0.5) is 0 Å². The second kappa shape index (κ2) is 9.85. The molecule has 1 rings (SSSR count). The van der Waals surface area contributed by atoms with Crippen LogP contribution in [0.5, 0.6) is 0 Å². The Morgan fingerprint density at radius 1 is 1.25 bits per heavy atom. The molecule has 20 heavy (non-hydrogen) atoms. The number of ether oxygens (including phenoxy) is 2. The Balaban J connectivity index is 2.34. The molecule has 6 heteroatoms. The predicted octanol–water partition coefficient (Wildman–Crippen LogP) is 1.77. The Labute approximate surface area is 121 Å². The number of hydrogen-bond donors (Lipinski definition) is 1. The van der Waals surface area contributed by atoms with Gasteiger partial charge in [-0.05, 0) is 19.9 Å². The maximum Gasteiger partial charge on any atom is 0.231 e. The fraction of sp³-hybridized carbons (Fsp3) is 0.857. The molecule has 1 N–H and O–H groups in total. The van der Waals surface area contributed by atoms with E-state index >= 15 is 0 Å². The third-order valence-corrected chi connectivity index (χ3v) is 3.24. The SMILES string of the molecule is CCCNC(C)C(C)c1nc(CCOCCOC)no1. The van der Waals surface area contributed by atoms with Gasteiger partial charge in [0.05, 0.1) is 25.7 Å². The van der Waals surface area contributed by atoms with Crippen molar-refractivity contribution in [1.82, 2.24) is 15.5 Å². The number of nitrogens with one attached hydrogen (secondary N) is 1. The highest BCUT2D eigenvalue weighted by molar-refractivity contribution is 4.96. The van der Waals surface area contributed by atoms with Crippen molar-refractivity contribution in [2.75, 3.05) is 33.5 Å². The Kier molecular flexibility index (Phi) is 8.41. The molecule has 0 aliphatic heterocycles. The van der Waals surface area contributed by atoms with Crippen LogP contribution in [0.15, 0.2) is 4.52 Å². The number of methoxy groups -OCH3 is 1. The normalized spacial score (nSPS) is 14.4. The molecule has 1 heterocycles. The average molecular weight is 285 g/mol. The lowest BCUT2D eigenvalue weighted by Crippen LogP contribution is -2.31. The molecular weight excluding hydrogens is 258 g/mol. The quantitative estimate of drug-likeness (QED) is 0.625. The number of nitrogens with zero attached hydrogens (tertiary/aromatic N) is 2. The zero-order valence-corrected chi connectivity index (χ0v) is 13.0. The van der Waals surface area contributed by atoms with E-state index in [1.165, 1.54) is 0 Å². The van der Waals surface area contributed by atoms with Gasteiger partial charge in [0, 0.05) is 19.6 Å². The molecule has 0 aliphatic carbocycles. The summed E-state index contributed by atoms with van der Waals surface area (Å²) in [6.45, 7) is 9.17. The van der Waals surface area contributed by atoms with Crippen LogP contribution < -0.4 is 5.32 Å². The second-order valence-corrected chi connectivity index (χ2v) is 4.94. The van der Waals surface area contributed by atoms with E-state index in [0.717, 1.165) is 13.0 Å². The molecule has 1 aromatic heterocycles. The summed E-state index contributed by atoms with van der Waals surface area (Å²) in [5.41, 5.74) is 0. The van der Waals surface area contributed by atoms with Crippen LogP contribution in [0, 0.1) is 0 Å². The molecule has 0 saturated heterocycles. The molecule has 0 aromatic carbocycles. The van der Waals surface area contributed by atoms with Crippen molar-refractivity contribution in [1.29, 1.82) is 0 Å². The highest BCUT2D eigenvalue weighted by Crippen LogP contribution is 2.17. The van der Waals surface area contributed by atoms with E-state index in [1.807, 2.05) is 0 Å². The van der Waals surface area contributed by atoms with Crippen LogP contribution in [0.2, 0.25) is 0 Å². The van der Waals surface area contributed by atoms with Crippen molar-refractivity contribution in [3.05, 3.63) is 11.7 Å². The number of aromatic nitrogens is 2. The maximum atomic E-state index is 5.39. The van der Waals surface area contributed by atoms with Crippen LogP contribution in [0.3, 0.4) is 0 Å². The maximum absolute atomic E-state index is 5.39. The van der Waals surface area contributed by atoms with Gasteiger partial charge in [0.2, 0.25) is 5.89 Å². The van der Waals surface area contributed by atoms with Gasteiger partial charge in [0.25, 0.3) is 0 Å². The summed E-state index contributed by atoms with van der Waals surface area (Å²) in [5.74, 6) is 1.59. The van der Waals surface area contributed by atoms with Crippen LogP contribution in [0.1, 0.15) is 44.8 Å². The van der Waals surface area contributed by atoms with Crippen molar-refractivity contribution in [3.63, 3.8) is 0 Å². The topological polar surface area (TPSA) is 69.4 Å². The molecule has 0 saturated carbocycles. The smallest absolute Gasteiger partial charge is 0.231 e. The molecule has 0 radical (unpaired) electrons. The van der Waals surface area contributed by atoms with Crippen molar-refractivity contribution < 1.29 is 14.0 Å². The van der Waals surface area contributed by atoms with Gasteiger partial charge in [0.15, 0.2) is 5.82 Å². The lowest BCUT2D eigenvalue weighted by molar-refractivity contribution is 0.0714. The molecular formula is C14H27N3O3. The van der Waals surface area contributed by atoms with Crippen LogP contribution >= 0.6 is 0 Å². The largest absolute Gasteiger partial charge is 0.382 e. The van der Waals surface area contributed by atoms with E-state index in [-0.39, 0.29) is 5.92 Å². The van der Waals surface area contributed by atoms with Crippen molar-refractivity contribution >= 4 is 0 Å². The summed E-state index contributed by atoms with van der Waals surface area (Å²) in [7, 11) is 1.66. The summed E-state index contributed by atoms with van der Waals surface area (Å²) in [6.07, 6.45) is 1.78. The lowest BCUT2D eigenvalue weighted by atomic mass is 10.0. The fourth-order valence-electron chi connectivity index (χ4n) is 1.72. The van der Waals surface area contributed by atoms with E-state index in [2.05, 4.69) is 36.2 Å². The van der Waals surface area contributed by atoms with Crippen molar-refractivity contribution in [2.24, 2.45) is 0 Å². The zero-order chi connectivity index (χ0) is 14.8. The van der Waals surface area contributed by atoms with Gasteiger partial charge in [-0.15, -0.1) is 0 Å². The van der Waals surface area contributed by atoms with E-state index in [1.54, 1.807) is 7.11 Å². The first kappa shape index (κ1) is 17.1. The third kappa shape index (κ3) is 5.98. The molecule has 0 bridgehead atoms. The summed E-state index contributed by atoms with van der Waals surface area (Å²) in [5, 5.41) is 7.43. The molecule has 0 aliphatic rings. The van der Waals surface area contributed by atoms with E-state index in [4.69, 9.17) is 14.0 Å². The van der Waals surface area contributed by atoms with Crippen molar-refractivity contribution in [2.45, 2.75) is 45.6 Å². The standard InChI is InChI=1S/C14H27N3O3/c1-5-7-15-12(3)11(2)14-16-13(17-20-14)6-8-19-10-9-18-4/h11-12,15H,5-10H2,1-4H3. The van der Waals surface area contributed by atoms with Gasteiger partial charge in [0.1, 0.15) is 0 Å². The number of hydrogen-bond acceptors (Lipinski definition) is 6. The molecule has 0 fully saturated rings. The molecule has 6 nitrogen and oxygen atoms in total. The third-order valence-electron chi connectivity index (χ3n) is 3.24. The molecule has 2 unspecified atom stereocenters. The average Bonchev–Trinajstić information content (AvgIpc) is 2.92. The lowest BCUT2D eigenvalue weighted by Gasteiger charge is -2.17. The van der Waals surface area contributed by atoms with E-state index in [0.29, 0.717) is 44.0 Å². The van der Waals surface area contributed by atoms with Gasteiger partial charge in [-0.3, -0.25) is 0 Å². The van der Waals surface area contributed by atoms with E-state index in [9.17, 15) is 0 Å². The summed E-state index contributed by atoms with van der Waals surface area (Å²) < 4.78 is 15.6. The Bertz CT molecular complexity index is 357. The summed E-state index contributed by atoms with van der Waals surface area (Å²) in [4.78, 5) is 4.43. The van der Waals surface area contributed by atoms with Crippen molar-refractivity contribution in [3.8, 4) is 0 Å². The van der Waals surface area contributed by atoms with Gasteiger partial charge in [-0.1, -0.05) is 19.0 Å². The molecule has 2 atom stereocenters. The summed E-state index contributed by atoms with van der Waals surface area (Å²) in [6, 6.07) is 0.321. The fourth-order valence-corrected chi connectivity index (χ4v) is 1.72. The second-order valence-electron chi connectivity index (χ2n) is 4.94. The van der Waals surface area contributed by atoms with Gasteiger partial charge in [-0.25, -0.2) is 0 Å². The van der Waals surface area contributed by atoms with Crippen LogP contribution in [0.25, 0.3) is 0 Å². The molecule has 0 spiro atoms. The molecule has 116 valence electrons. The highest BCUT2D eigenvalue weighted by Gasteiger charge is 2.20. The van der Waals surface area contributed by atoms with Crippen LogP contribution in [-0.2, 0) is 15.9 Å². The van der Waals surface area contributed by atoms with Gasteiger partial charge in [-0.2, -0.15) is 4.98 Å². The Morgan fingerprint density at radius 3 is 2.75 bits per heavy atom.